The maximum absolute atomic E-state index is 11.7. The van der Waals surface area contributed by atoms with Crippen LogP contribution in [0.3, 0.4) is 0 Å². The second-order valence-electron chi connectivity index (χ2n) is 6.26. The Kier molecular flexibility index (Phi) is 4.89. The molecule has 0 radical (unpaired) electrons. The summed E-state index contributed by atoms with van der Waals surface area (Å²) in [5, 5.41) is 4.51. The molecule has 2 heterocycles. The van der Waals surface area contributed by atoms with Gasteiger partial charge in [-0.1, -0.05) is 18.2 Å². The summed E-state index contributed by atoms with van der Waals surface area (Å²) in [6, 6.07) is 7.95. The van der Waals surface area contributed by atoms with Gasteiger partial charge in [0.2, 0.25) is 5.89 Å². The Morgan fingerprint density at radius 3 is 2.79 bits per heavy atom. The lowest BCUT2D eigenvalue weighted by molar-refractivity contribution is -0.943. The van der Waals surface area contributed by atoms with Crippen LogP contribution in [-0.2, 0) is 16.5 Å². The molecule has 0 spiro atoms. The number of aryl methyl sites for hydroxylation is 1. The van der Waals surface area contributed by atoms with Gasteiger partial charge in [-0.25, -0.2) is 8.42 Å². The average Bonchev–Trinajstić information content (AvgIpc) is 3.08. The second kappa shape index (κ2) is 6.78. The first-order chi connectivity index (χ1) is 11.4. The van der Waals surface area contributed by atoms with Gasteiger partial charge in [-0.3, -0.25) is 0 Å². The summed E-state index contributed by atoms with van der Waals surface area (Å²) in [4.78, 5) is 1.48. The van der Waals surface area contributed by atoms with Crippen molar-refractivity contribution < 1.29 is 17.7 Å². The molecular formula is C16H22N3O3S2+. The first kappa shape index (κ1) is 17.3. The predicted molar refractivity (Wildman–Crippen MR) is 94.1 cm³/mol. The SMILES string of the molecule is CC[NH+](Cn1nc(-c2ccccc2C)oc1=S)[C@@H]1CCS(=O)(=O)C1. The third-order valence-corrected chi connectivity index (χ3v) is 6.66. The predicted octanol–water partition coefficient (Wildman–Crippen LogP) is 1.23. The number of aromatic nitrogens is 2. The van der Waals surface area contributed by atoms with E-state index in [0.29, 0.717) is 23.8 Å². The molecule has 0 aliphatic carbocycles. The van der Waals surface area contributed by atoms with Crippen LogP contribution in [0.2, 0.25) is 0 Å². The lowest BCUT2D eigenvalue weighted by Gasteiger charge is -2.22. The fraction of sp³-hybridized carbons (Fsp3) is 0.500. The summed E-state index contributed by atoms with van der Waals surface area (Å²) in [5.74, 6) is 1.03. The Hall–Kier alpha value is -1.51. The minimum Gasteiger partial charge on any atom is -0.409 e. The van der Waals surface area contributed by atoms with Crippen LogP contribution >= 0.6 is 12.2 Å². The first-order valence-electron chi connectivity index (χ1n) is 8.08. The van der Waals surface area contributed by atoms with E-state index in [1.54, 1.807) is 4.68 Å². The van der Waals surface area contributed by atoms with Gasteiger partial charge >= 0.3 is 0 Å². The van der Waals surface area contributed by atoms with Crippen LogP contribution in [0.25, 0.3) is 11.5 Å². The average molecular weight is 369 g/mol. The van der Waals surface area contributed by atoms with Crippen molar-refractivity contribution >= 4 is 22.1 Å². The Morgan fingerprint density at radius 1 is 1.42 bits per heavy atom. The van der Waals surface area contributed by atoms with Gasteiger partial charge in [0.1, 0.15) is 11.8 Å². The lowest BCUT2D eigenvalue weighted by Crippen LogP contribution is -3.15. The van der Waals surface area contributed by atoms with Crippen LogP contribution in [0.4, 0.5) is 0 Å². The highest BCUT2D eigenvalue weighted by Gasteiger charge is 2.35. The molecule has 0 bridgehead atoms. The minimum atomic E-state index is -2.90. The van der Waals surface area contributed by atoms with E-state index in [9.17, 15) is 8.42 Å². The number of rotatable bonds is 5. The molecule has 1 unspecified atom stereocenters. The standard InChI is InChI=1S/C16H21N3O3S2/c1-3-18(13-8-9-24(20,21)10-13)11-19-16(23)22-15(17-19)14-7-5-4-6-12(14)2/h4-7,13H,3,8-11H2,1-2H3/p+1/t13-/m1/s1. The highest BCUT2D eigenvalue weighted by molar-refractivity contribution is 7.91. The number of sulfone groups is 1. The van der Waals surface area contributed by atoms with Gasteiger partial charge in [0.05, 0.1) is 12.3 Å². The largest absolute Gasteiger partial charge is 0.409 e. The van der Waals surface area contributed by atoms with E-state index >= 15 is 0 Å². The van der Waals surface area contributed by atoms with Crippen LogP contribution < -0.4 is 4.90 Å². The normalized spacial score (nSPS) is 21.0. The minimum absolute atomic E-state index is 0.0977. The molecule has 1 saturated heterocycles. The number of nitrogens with zero attached hydrogens (tertiary/aromatic N) is 2. The smallest absolute Gasteiger partial charge is 0.292 e. The summed E-state index contributed by atoms with van der Waals surface area (Å²) in [5.41, 5.74) is 1.99. The van der Waals surface area contributed by atoms with E-state index in [2.05, 4.69) is 5.10 Å². The molecule has 1 fully saturated rings. The van der Waals surface area contributed by atoms with Gasteiger partial charge < -0.3 is 9.32 Å². The lowest BCUT2D eigenvalue weighted by atomic mass is 10.1. The number of benzene rings is 1. The number of nitrogens with one attached hydrogen (secondary N) is 1. The molecule has 2 atom stereocenters. The maximum atomic E-state index is 11.7. The zero-order chi connectivity index (χ0) is 17.3. The molecule has 1 aromatic carbocycles. The third-order valence-electron chi connectivity index (χ3n) is 4.60. The van der Waals surface area contributed by atoms with Gasteiger partial charge in [0, 0.05) is 12.0 Å². The molecule has 24 heavy (non-hydrogen) atoms. The van der Waals surface area contributed by atoms with Gasteiger partial charge in [0.15, 0.2) is 16.5 Å². The zero-order valence-electron chi connectivity index (χ0n) is 13.9. The Bertz CT molecular complexity index is 886. The van der Waals surface area contributed by atoms with Gasteiger partial charge in [-0.15, -0.1) is 5.10 Å². The van der Waals surface area contributed by atoms with Crippen molar-refractivity contribution in [1.29, 1.82) is 0 Å². The molecule has 0 saturated carbocycles. The number of hydrogen-bond acceptors (Lipinski definition) is 5. The Balaban J connectivity index is 1.83. The quantitative estimate of drug-likeness (QED) is 0.804. The molecular weight excluding hydrogens is 346 g/mol. The molecule has 0 amide bonds. The van der Waals surface area contributed by atoms with E-state index in [1.165, 1.54) is 0 Å². The fourth-order valence-electron chi connectivity index (χ4n) is 3.17. The Labute approximate surface area is 147 Å². The van der Waals surface area contributed by atoms with E-state index < -0.39 is 9.84 Å². The molecule has 6 nitrogen and oxygen atoms in total. The van der Waals surface area contributed by atoms with Crippen molar-refractivity contribution in [3.05, 3.63) is 34.7 Å². The van der Waals surface area contributed by atoms with Crippen molar-refractivity contribution in [2.24, 2.45) is 0 Å². The molecule has 8 heteroatoms. The number of quaternary nitrogens is 1. The molecule has 1 aliphatic heterocycles. The van der Waals surface area contributed by atoms with Gasteiger partial charge in [0.25, 0.3) is 4.84 Å². The molecule has 3 rings (SSSR count). The topological polar surface area (TPSA) is 69.5 Å². The molecule has 130 valence electrons. The van der Waals surface area contributed by atoms with Crippen molar-refractivity contribution in [3.8, 4) is 11.5 Å². The van der Waals surface area contributed by atoms with E-state index in [1.807, 2.05) is 38.1 Å². The van der Waals surface area contributed by atoms with Gasteiger partial charge in [-0.2, -0.15) is 4.68 Å². The first-order valence-corrected chi connectivity index (χ1v) is 10.3. The van der Waals surface area contributed by atoms with Crippen LogP contribution in [0.5, 0.6) is 0 Å². The number of hydrogen-bond donors (Lipinski definition) is 1. The summed E-state index contributed by atoms with van der Waals surface area (Å²) >= 11 is 5.30. The molecule has 1 N–H and O–H groups in total. The third kappa shape index (κ3) is 3.60. The molecule has 1 aromatic heterocycles. The van der Waals surface area contributed by atoms with Crippen molar-refractivity contribution in [1.82, 2.24) is 9.78 Å². The molecule has 2 aromatic rings. The zero-order valence-corrected chi connectivity index (χ0v) is 15.5. The maximum Gasteiger partial charge on any atom is 0.292 e. The summed E-state index contributed by atoms with van der Waals surface area (Å²) in [7, 11) is -2.90. The van der Waals surface area contributed by atoms with Crippen molar-refractivity contribution in [2.75, 3.05) is 18.1 Å². The Morgan fingerprint density at radius 2 is 2.17 bits per heavy atom. The summed E-state index contributed by atoms with van der Waals surface area (Å²) in [6.45, 7) is 5.38. The van der Waals surface area contributed by atoms with E-state index in [-0.39, 0.29) is 17.5 Å². The van der Waals surface area contributed by atoms with Crippen molar-refractivity contribution in [3.63, 3.8) is 0 Å². The summed E-state index contributed by atoms with van der Waals surface area (Å²) in [6.07, 6.45) is 0.696. The molecule has 1 aliphatic rings. The van der Waals surface area contributed by atoms with Gasteiger partial charge in [-0.05, 0) is 37.7 Å². The highest BCUT2D eigenvalue weighted by atomic mass is 32.2. The van der Waals surface area contributed by atoms with Crippen LogP contribution in [0, 0.1) is 11.8 Å². The summed E-state index contributed by atoms with van der Waals surface area (Å²) < 4.78 is 30.8. The fourth-order valence-corrected chi connectivity index (χ4v) is 5.18. The van der Waals surface area contributed by atoms with E-state index in [0.717, 1.165) is 22.6 Å². The second-order valence-corrected chi connectivity index (χ2v) is 8.84. The monoisotopic (exact) mass is 368 g/mol. The van der Waals surface area contributed by atoms with Crippen molar-refractivity contribution in [2.45, 2.75) is 33.0 Å². The van der Waals surface area contributed by atoms with Crippen LogP contribution in [0.15, 0.2) is 28.7 Å². The van der Waals surface area contributed by atoms with Crippen LogP contribution in [0.1, 0.15) is 18.9 Å². The highest BCUT2D eigenvalue weighted by Crippen LogP contribution is 2.21. The van der Waals surface area contributed by atoms with E-state index in [4.69, 9.17) is 16.6 Å². The van der Waals surface area contributed by atoms with Crippen LogP contribution in [-0.4, -0.2) is 42.3 Å².